The van der Waals surface area contributed by atoms with Crippen LogP contribution in [0.25, 0.3) is 5.52 Å². The molecule has 102 valence electrons. The van der Waals surface area contributed by atoms with Crippen molar-refractivity contribution in [3.05, 3.63) is 30.4 Å². The molecule has 19 heavy (non-hydrogen) atoms. The van der Waals surface area contributed by atoms with Crippen LogP contribution in [0.2, 0.25) is 0 Å². The van der Waals surface area contributed by atoms with Crippen molar-refractivity contribution in [3.63, 3.8) is 0 Å². The smallest absolute Gasteiger partial charge is 0.150 e. The lowest BCUT2D eigenvalue weighted by Crippen LogP contribution is -2.09. The molecule has 2 aromatic heterocycles. The predicted molar refractivity (Wildman–Crippen MR) is 72.2 cm³/mol. The molecule has 0 amide bonds. The molecule has 0 saturated carbocycles. The Bertz CT molecular complexity index is 706. The Balaban J connectivity index is 1.86. The first-order chi connectivity index (χ1) is 9.07. The molecule has 1 fully saturated rings. The van der Waals surface area contributed by atoms with Gasteiger partial charge in [0.1, 0.15) is 11.6 Å². The number of methoxy groups -OCH3 is 1. The van der Waals surface area contributed by atoms with E-state index in [0.29, 0.717) is 12.2 Å². The first-order valence-electron chi connectivity index (χ1n) is 6.28. The third-order valence-electron chi connectivity index (χ3n) is 3.61. The Kier molecular flexibility index (Phi) is 2.97. The highest BCUT2D eigenvalue weighted by Crippen LogP contribution is 2.23. The molecule has 5 nitrogen and oxygen atoms in total. The molecule has 0 radical (unpaired) electrons. The summed E-state index contributed by atoms with van der Waals surface area (Å²) in [4.78, 5) is 4.39. The number of sulfone groups is 1. The van der Waals surface area contributed by atoms with E-state index in [1.54, 1.807) is 13.3 Å². The van der Waals surface area contributed by atoms with Crippen LogP contribution in [0.15, 0.2) is 24.5 Å². The van der Waals surface area contributed by atoms with Gasteiger partial charge in [0.15, 0.2) is 9.84 Å². The van der Waals surface area contributed by atoms with Crippen molar-refractivity contribution in [1.29, 1.82) is 0 Å². The summed E-state index contributed by atoms with van der Waals surface area (Å²) in [7, 11) is -1.19. The number of hydrogen-bond acceptors (Lipinski definition) is 4. The number of pyridine rings is 1. The quantitative estimate of drug-likeness (QED) is 0.850. The van der Waals surface area contributed by atoms with Crippen molar-refractivity contribution in [2.24, 2.45) is 5.92 Å². The lowest BCUT2D eigenvalue weighted by atomic mass is 10.1. The van der Waals surface area contributed by atoms with Gasteiger partial charge in [-0.05, 0) is 18.4 Å². The molecule has 0 spiro atoms. The number of nitrogens with zero attached hydrogens (tertiary/aromatic N) is 2. The number of imidazole rings is 1. The number of ether oxygens (including phenoxy) is 1. The molecule has 1 aliphatic heterocycles. The molecule has 3 heterocycles. The van der Waals surface area contributed by atoms with Crippen molar-refractivity contribution < 1.29 is 13.2 Å². The Morgan fingerprint density at radius 3 is 3.05 bits per heavy atom. The van der Waals surface area contributed by atoms with Crippen LogP contribution in [-0.2, 0) is 16.3 Å². The van der Waals surface area contributed by atoms with Crippen LogP contribution in [0, 0.1) is 5.92 Å². The van der Waals surface area contributed by atoms with E-state index in [4.69, 9.17) is 4.74 Å². The van der Waals surface area contributed by atoms with Crippen LogP contribution in [0.3, 0.4) is 0 Å². The summed E-state index contributed by atoms with van der Waals surface area (Å²) in [5.41, 5.74) is 0.968. The molecule has 1 saturated heterocycles. The van der Waals surface area contributed by atoms with Gasteiger partial charge in [-0.2, -0.15) is 0 Å². The first-order valence-corrected chi connectivity index (χ1v) is 8.10. The van der Waals surface area contributed by atoms with E-state index in [0.717, 1.165) is 23.5 Å². The average molecular weight is 280 g/mol. The number of aromatic nitrogens is 2. The summed E-state index contributed by atoms with van der Waals surface area (Å²) in [5, 5.41) is 0. The van der Waals surface area contributed by atoms with E-state index >= 15 is 0 Å². The minimum absolute atomic E-state index is 0.192. The number of fused-ring (bicyclic) bond motifs is 1. The Hall–Kier alpha value is -1.56. The predicted octanol–water partition coefficient (Wildman–Crippen LogP) is 1.32. The van der Waals surface area contributed by atoms with Crippen molar-refractivity contribution in [3.8, 4) is 5.75 Å². The summed E-state index contributed by atoms with van der Waals surface area (Å²) in [6.45, 7) is 0. The Labute approximate surface area is 112 Å². The maximum absolute atomic E-state index is 11.5. The highest BCUT2D eigenvalue weighted by atomic mass is 32.2. The van der Waals surface area contributed by atoms with Gasteiger partial charge in [0.25, 0.3) is 0 Å². The van der Waals surface area contributed by atoms with Crippen LogP contribution >= 0.6 is 0 Å². The van der Waals surface area contributed by atoms with Gasteiger partial charge in [0.2, 0.25) is 0 Å². The second-order valence-corrected chi connectivity index (χ2v) is 7.24. The molecule has 3 rings (SSSR count). The zero-order chi connectivity index (χ0) is 13.5. The molecule has 1 aliphatic rings. The number of rotatable bonds is 3. The zero-order valence-corrected chi connectivity index (χ0v) is 11.6. The van der Waals surface area contributed by atoms with Crippen LogP contribution in [0.1, 0.15) is 12.2 Å². The fourth-order valence-corrected chi connectivity index (χ4v) is 4.47. The van der Waals surface area contributed by atoms with Crippen LogP contribution in [0.5, 0.6) is 5.75 Å². The average Bonchev–Trinajstić information content (AvgIpc) is 2.93. The van der Waals surface area contributed by atoms with Gasteiger partial charge in [-0.3, -0.25) is 0 Å². The summed E-state index contributed by atoms with van der Waals surface area (Å²) < 4.78 is 30.1. The Morgan fingerprint density at radius 2 is 2.37 bits per heavy atom. The normalized spacial score (nSPS) is 21.8. The van der Waals surface area contributed by atoms with Gasteiger partial charge in [-0.1, -0.05) is 0 Å². The SMILES string of the molecule is COc1ccn2c(CC3CCS(=O)(=O)C3)ncc2c1. The molecule has 0 aliphatic carbocycles. The molecule has 1 unspecified atom stereocenters. The number of hydrogen-bond donors (Lipinski definition) is 0. The lowest BCUT2D eigenvalue weighted by Gasteiger charge is -2.07. The van der Waals surface area contributed by atoms with Gasteiger partial charge in [-0.15, -0.1) is 0 Å². The van der Waals surface area contributed by atoms with E-state index in [-0.39, 0.29) is 11.7 Å². The largest absolute Gasteiger partial charge is 0.497 e. The zero-order valence-electron chi connectivity index (χ0n) is 10.7. The molecular formula is C13H16N2O3S. The monoisotopic (exact) mass is 280 g/mol. The van der Waals surface area contributed by atoms with Gasteiger partial charge in [-0.25, -0.2) is 13.4 Å². The maximum atomic E-state index is 11.5. The van der Waals surface area contributed by atoms with E-state index in [9.17, 15) is 8.42 Å². The van der Waals surface area contributed by atoms with Gasteiger partial charge in [0, 0.05) is 18.7 Å². The van der Waals surface area contributed by atoms with E-state index in [2.05, 4.69) is 4.98 Å². The minimum atomic E-state index is -2.82. The fourth-order valence-electron chi connectivity index (χ4n) is 2.60. The van der Waals surface area contributed by atoms with Crippen LogP contribution in [0.4, 0.5) is 0 Å². The second-order valence-electron chi connectivity index (χ2n) is 5.01. The molecule has 2 aromatic rings. The summed E-state index contributed by atoms with van der Waals surface area (Å²) in [6.07, 6.45) is 5.16. The highest BCUT2D eigenvalue weighted by Gasteiger charge is 2.28. The minimum Gasteiger partial charge on any atom is -0.497 e. The molecule has 1 atom stereocenters. The molecule has 0 bridgehead atoms. The molecule has 6 heteroatoms. The molecular weight excluding hydrogens is 264 g/mol. The van der Waals surface area contributed by atoms with Crippen LogP contribution in [-0.4, -0.2) is 36.4 Å². The second kappa shape index (κ2) is 4.52. The fraction of sp³-hybridized carbons (Fsp3) is 0.462. The molecule has 0 aromatic carbocycles. The summed E-state index contributed by atoms with van der Waals surface area (Å²) in [6, 6.07) is 3.80. The van der Waals surface area contributed by atoms with Crippen LogP contribution < -0.4 is 4.74 Å². The third kappa shape index (κ3) is 2.45. The Morgan fingerprint density at radius 1 is 1.53 bits per heavy atom. The van der Waals surface area contributed by atoms with E-state index in [1.807, 2.05) is 22.7 Å². The van der Waals surface area contributed by atoms with Crippen molar-refractivity contribution in [2.75, 3.05) is 18.6 Å². The van der Waals surface area contributed by atoms with E-state index in [1.165, 1.54) is 0 Å². The molecule has 0 N–H and O–H groups in total. The first kappa shape index (κ1) is 12.5. The standard InChI is InChI=1S/C13H16N2O3S/c1-18-12-2-4-15-11(7-12)8-14-13(15)6-10-3-5-19(16,17)9-10/h2,4,7-8,10H,3,5-6,9H2,1H3. The van der Waals surface area contributed by atoms with Crippen molar-refractivity contribution >= 4 is 15.4 Å². The summed E-state index contributed by atoms with van der Waals surface area (Å²) in [5.74, 6) is 2.51. The third-order valence-corrected chi connectivity index (χ3v) is 5.45. The maximum Gasteiger partial charge on any atom is 0.150 e. The van der Waals surface area contributed by atoms with E-state index < -0.39 is 9.84 Å². The van der Waals surface area contributed by atoms with Gasteiger partial charge < -0.3 is 9.14 Å². The van der Waals surface area contributed by atoms with Gasteiger partial charge in [0.05, 0.1) is 30.3 Å². The highest BCUT2D eigenvalue weighted by molar-refractivity contribution is 7.91. The summed E-state index contributed by atoms with van der Waals surface area (Å²) >= 11 is 0. The lowest BCUT2D eigenvalue weighted by molar-refractivity contribution is 0.414. The van der Waals surface area contributed by atoms with Gasteiger partial charge >= 0.3 is 0 Å². The van der Waals surface area contributed by atoms with Crippen molar-refractivity contribution in [2.45, 2.75) is 12.8 Å². The topological polar surface area (TPSA) is 60.7 Å². The van der Waals surface area contributed by atoms with Crippen molar-refractivity contribution in [1.82, 2.24) is 9.38 Å².